The normalized spacial score (nSPS) is 18.4. The number of hydrogen-bond acceptors (Lipinski definition) is 5. The van der Waals surface area contributed by atoms with Crippen LogP contribution in [0.25, 0.3) is 0 Å². The van der Waals surface area contributed by atoms with Gasteiger partial charge >= 0.3 is 0 Å². The maximum Gasteiger partial charge on any atom is 0.254 e. The molecule has 0 bridgehead atoms. The smallest absolute Gasteiger partial charge is 0.254 e. The molecule has 2 aromatic rings. The lowest BCUT2D eigenvalue weighted by atomic mass is 10.1. The molecule has 25 heavy (non-hydrogen) atoms. The lowest BCUT2D eigenvalue weighted by Gasteiger charge is -2.24. The van der Waals surface area contributed by atoms with Crippen LogP contribution < -0.4 is 14.8 Å². The highest BCUT2D eigenvalue weighted by atomic mass is 16.7. The number of furan rings is 1. The fraction of sp³-hybridized carbons (Fsp3) is 0.333. The van der Waals surface area contributed by atoms with Crippen LogP contribution >= 0.6 is 0 Å². The van der Waals surface area contributed by atoms with Crippen molar-refractivity contribution in [3.05, 3.63) is 47.9 Å². The number of likely N-dealkylation sites (tertiary alicyclic amines) is 1. The van der Waals surface area contributed by atoms with Crippen molar-refractivity contribution >= 4 is 11.8 Å². The maximum absolute atomic E-state index is 12.8. The molecule has 2 aliphatic rings. The minimum Gasteiger partial charge on any atom is -0.467 e. The summed E-state index contributed by atoms with van der Waals surface area (Å²) in [5, 5.41) is 2.83. The summed E-state index contributed by atoms with van der Waals surface area (Å²) < 4.78 is 15.8. The number of ether oxygens (including phenoxy) is 2. The molecule has 4 rings (SSSR count). The van der Waals surface area contributed by atoms with E-state index in [1.54, 1.807) is 41.5 Å². The first kappa shape index (κ1) is 15.6. The number of carbonyl (C=O) groups excluding carboxylic acids is 2. The summed E-state index contributed by atoms with van der Waals surface area (Å²) >= 11 is 0. The minimum absolute atomic E-state index is 0.161. The Hall–Kier alpha value is -2.96. The molecular formula is C18H18N2O5. The average molecular weight is 342 g/mol. The number of rotatable bonds is 4. The summed E-state index contributed by atoms with van der Waals surface area (Å²) in [7, 11) is 0. The van der Waals surface area contributed by atoms with Gasteiger partial charge in [0.25, 0.3) is 5.91 Å². The lowest BCUT2D eigenvalue weighted by molar-refractivity contribution is -0.125. The van der Waals surface area contributed by atoms with E-state index in [0.717, 1.165) is 6.42 Å². The van der Waals surface area contributed by atoms with Crippen molar-refractivity contribution < 1.29 is 23.5 Å². The summed E-state index contributed by atoms with van der Waals surface area (Å²) in [5.74, 6) is 1.53. The highest BCUT2D eigenvalue weighted by Crippen LogP contribution is 2.33. The van der Waals surface area contributed by atoms with E-state index in [1.807, 2.05) is 0 Å². The molecule has 1 atom stereocenters. The zero-order chi connectivity index (χ0) is 17.2. The van der Waals surface area contributed by atoms with Crippen molar-refractivity contribution in [2.45, 2.75) is 25.4 Å². The molecule has 2 amide bonds. The fourth-order valence-corrected chi connectivity index (χ4v) is 3.18. The first-order chi connectivity index (χ1) is 12.2. The second-order valence-electron chi connectivity index (χ2n) is 6.02. The van der Waals surface area contributed by atoms with Gasteiger partial charge in [0.2, 0.25) is 12.7 Å². The van der Waals surface area contributed by atoms with Crippen LogP contribution in [0.4, 0.5) is 0 Å². The molecule has 2 aliphatic heterocycles. The first-order valence-corrected chi connectivity index (χ1v) is 8.23. The van der Waals surface area contributed by atoms with E-state index in [9.17, 15) is 9.59 Å². The molecule has 1 aromatic carbocycles. The van der Waals surface area contributed by atoms with Gasteiger partial charge in [0.1, 0.15) is 11.8 Å². The third-order valence-corrected chi connectivity index (χ3v) is 4.45. The largest absolute Gasteiger partial charge is 0.467 e. The highest BCUT2D eigenvalue weighted by Gasteiger charge is 2.35. The minimum atomic E-state index is -0.465. The SMILES string of the molecule is O=C(NCc1ccco1)[C@H]1CCCN1C(=O)c1ccc2c(c1)OCO2. The van der Waals surface area contributed by atoms with Gasteiger partial charge in [-0.1, -0.05) is 0 Å². The van der Waals surface area contributed by atoms with E-state index >= 15 is 0 Å². The lowest BCUT2D eigenvalue weighted by Crippen LogP contribution is -2.45. The molecule has 1 N–H and O–H groups in total. The Kier molecular flexibility index (Phi) is 4.05. The Balaban J connectivity index is 1.45. The average Bonchev–Trinajstić information content (AvgIpc) is 3.39. The third kappa shape index (κ3) is 3.05. The summed E-state index contributed by atoms with van der Waals surface area (Å²) in [4.78, 5) is 26.9. The molecule has 0 unspecified atom stereocenters. The van der Waals surface area contributed by atoms with Crippen LogP contribution in [0, 0.1) is 0 Å². The molecule has 3 heterocycles. The molecule has 0 spiro atoms. The van der Waals surface area contributed by atoms with Crippen LogP contribution in [-0.2, 0) is 11.3 Å². The molecule has 7 heteroatoms. The monoisotopic (exact) mass is 342 g/mol. The van der Waals surface area contributed by atoms with Crippen LogP contribution in [-0.4, -0.2) is 36.1 Å². The van der Waals surface area contributed by atoms with E-state index in [0.29, 0.717) is 42.3 Å². The fourth-order valence-electron chi connectivity index (χ4n) is 3.18. The topological polar surface area (TPSA) is 81.0 Å². The van der Waals surface area contributed by atoms with Gasteiger partial charge in [0.05, 0.1) is 12.8 Å². The molecule has 0 saturated carbocycles. The number of fused-ring (bicyclic) bond motifs is 1. The molecule has 130 valence electrons. The van der Waals surface area contributed by atoms with Crippen molar-refractivity contribution in [3.63, 3.8) is 0 Å². The molecular weight excluding hydrogens is 324 g/mol. The number of nitrogens with one attached hydrogen (secondary N) is 1. The number of amides is 2. The number of nitrogens with zero attached hydrogens (tertiary/aromatic N) is 1. The highest BCUT2D eigenvalue weighted by molar-refractivity contribution is 5.98. The Morgan fingerprint density at radius 2 is 2.08 bits per heavy atom. The van der Waals surface area contributed by atoms with Crippen molar-refractivity contribution in [1.29, 1.82) is 0 Å². The predicted octanol–water partition coefficient (Wildman–Crippen LogP) is 1.93. The molecule has 7 nitrogen and oxygen atoms in total. The van der Waals surface area contributed by atoms with Crippen molar-refractivity contribution in [1.82, 2.24) is 10.2 Å². The molecule has 0 radical (unpaired) electrons. The van der Waals surface area contributed by atoms with E-state index in [4.69, 9.17) is 13.9 Å². The first-order valence-electron chi connectivity index (χ1n) is 8.23. The van der Waals surface area contributed by atoms with Gasteiger partial charge in [-0.05, 0) is 43.2 Å². The third-order valence-electron chi connectivity index (χ3n) is 4.45. The van der Waals surface area contributed by atoms with Crippen LogP contribution in [0.5, 0.6) is 11.5 Å². The number of carbonyl (C=O) groups is 2. The Morgan fingerprint density at radius 3 is 2.92 bits per heavy atom. The molecule has 0 aliphatic carbocycles. The van der Waals surface area contributed by atoms with Gasteiger partial charge in [-0.2, -0.15) is 0 Å². The second kappa shape index (κ2) is 6.51. The van der Waals surface area contributed by atoms with E-state index in [1.165, 1.54) is 0 Å². The van der Waals surface area contributed by atoms with Crippen LogP contribution in [0.1, 0.15) is 29.0 Å². The van der Waals surface area contributed by atoms with Crippen LogP contribution in [0.3, 0.4) is 0 Å². The Morgan fingerprint density at radius 1 is 1.20 bits per heavy atom. The van der Waals surface area contributed by atoms with Crippen LogP contribution in [0.15, 0.2) is 41.0 Å². The van der Waals surface area contributed by atoms with Crippen molar-refractivity contribution in [2.24, 2.45) is 0 Å². The van der Waals surface area contributed by atoms with Gasteiger partial charge < -0.3 is 24.1 Å². The van der Waals surface area contributed by atoms with Gasteiger partial charge in [0.15, 0.2) is 11.5 Å². The van der Waals surface area contributed by atoms with Gasteiger partial charge in [-0.3, -0.25) is 9.59 Å². The summed E-state index contributed by atoms with van der Waals surface area (Å²) in [6.07, 6.45) is 3.02. The number of benzene rings is 1. The quantitative estimate of drug-likeness (QED) is 0.918. The van der Waals surface area contributed by atoms with Gasteiger partial charge in [-0.25, -0.2) is 0 Å². The predicted molar refractivity (Wildman–Crippen MR) is 87.2 cm³/mol. The zero-order valence-electron chi connectivity index (χ0n) is 13.6. The van der Waals surface area contributed by atoms with Gasteiger partial charge in [-0.15, -0.1) is 0 Å². The zero-order valence-corrected chi connectivity index (χ0v) is 13.6. The van der Waals surface area contributed by atoms with E-state index in [2.05, 4.69) is 5.32 Å². The number of hydrogen-bond donors (Lipinski definition) is 1. The summed E-state index contributed by atoms with van der Waals surface area (Å²) in [6, 6.07) is 8.19. The van der Waals surface area contributed by atoms with Gasteiger partial charge in [0, 0.05) is 12.1 Å². The standard InChI is InChI=1S/C18H18N2O5/c21-17(19-10-13-3-2-8-23-13)14-4-1-7-20(14)18(22)12-5-6-15-16(9-12)25-11-24-15/h2-3,5-6,8-9,14H,1,4,7,10-11H2,(H,19,21)/t14-/m1/s1. The summed E-state index contributed by atoms with van der Waals surface area (Å²) in [6.45, 7) is 1.04. The summed E-state index contributed by atoms with van der Waals surface area (Å²) in [5.41, 5.74) is 0.495. The Labute approximate surface area is 144 Å². The maximum atomic E-state index is 12.8. The molecule has 1 aromatic heterocycles. The molecule has 1 fully saturated rings. The molecule has 1 saturated heterocycles. The second-order valence-corrected chi connectivity index (χ2v) is 6.02. The van der Waals surface area contributed by atoms with Crippen LogP contribution in [0.2, 0.25) is 0 Å². The van der Waals surface area contributed by atoms with Crippen molar-refractivity contribution in [2.75, 3.05) is 13.3 Å². The van der Waals surface area contributed by atoms with E-state index < -0.39 is 6.04 Å². The van der Waals surface area contributed by atoms with E-state index in [-0.39, 0.29) is 18.6 Å². The Bertz CT molecular complexity index is 787. The van der Waals surface area contributed by atoms with Crippen molar-refractivity contribution in [3.8, 4) is 11.5 Å².